The van der Waals surface area contributed by atoms with Crippen molar-refractivity contribution >= 4 is 40.6 Å². The highest BCUT2D eigenvalue weighted by atomic mass is 35.5. The second kappa shape index (κ2) is 7.79. The van der Waals surface area contributed by atoms with Gasteiger partial charge in [0.05, 0.1) is 20.9 Å². The van der Waals surface area contributed by atoms with Crippen molar-refractivity contribution in [2.45, 2.75) is 38.1 Å². The average Bonchev–Trinajstić information content (AvgIpc) is 2.54. The lowest BCUT2D eigenvalue weighted by molar-refractivity contribution is -0.384. The molecule has 1 N–H and O–H groups in total. The number of nitrogens with zero attached hydrogens (tertiary/aromatic N) is 3. The van der Waals surface area contributed by atoms with Crippen LogP contribution in [-0.2, 0) is 4.79 Å². The molecule has 0 spiro atoms. The van der Waals surface area contributed by atoms with Crippen LogP contribution in [-0.4, -0.2) is 26.0 Å². The van der Waals surface area contributed by atoms with Gasteiger partial charge >= 0.3 is 0 Å². The van der Waals surface area contributed by atoms with Crippen LogP contribution in [0.5, 0.6) is 0 Å². The van der Waals surface area contributed by atoms with Crippen molar-refractivity contribution in [3.63, 3.8) is 0 Å². The zero-order valence-corrected chi connectivity index (χ0v) is 15.7. The van der Waals surface area contributed by atoms with E-state index in [9.17, 15) is 14.9 Å². The Bertz CT molecular complexity index is 821. The summed E-state index contributed by atoms with van der Waals surface area (Å²) in [5.74, 6) is -0.291. The van der Waals surface area contributed by atoms with E-state index in [4.69, 9.17) is 11.6 Å². The van der Waals surface area contributed by atoms with Crippen molar-refractivity contribution in [1.82, 2.24) is 9.97 Å². The number of rotatable bonds is 5. The molecular weight excluding hydrogens is 364 g/mol. The summed E-state index contributed by atoms with van der Waals surface area (Å²) in [7, 11) is 0. The lowest BCUT2D eigenvalue weighted by Gasteiger charge is -2.13. The summed E-state index contributed by atoms with van der Waals surface area (Å²) in [6.45, 7) is 7.48. The fourth-order valence-electron chi connectivity index (χ4n) is 1.96. The number of non-ortho nitro benzene ring substituents is 1. The predicted octanol–water partition coefficient (Wildman–Crippen LogP) is 4.08. The molecule has 0 bridgehead atoms. The molecule has 0 aliphatic heterocycles. The van der Waals surface area contributed by atoms with E-state index < -0.39 is 10.2 Å². The van der Waals surface area contributed by atoms with Crippen LogP contribution in [0.25, 0.3) is 0 Å². The van der Waals surface area contributed by atoms with Gasteiger partial charge in [-0.3, -0.25) is 14.9 Å². The molecule has 1 unspecified atom stereocenters. The summed E-state index contributed by atoms with van der Waals surface area (Å²) >= 11 is 7.23. The Kier molecular flexibility index (Phi) is 5.97. The fourth-order valence-corrected chi connectivity index (χ4v) is 3.04. The Hall–Kier alpha value is -2.19. The van der Waals surface area contributed by atoms with Crippen molar-refractivity contribution in [3.8, 4) is 0 Å². The van der Waals surface area contributed by atoms with E-state index in [2.05, 4.69) is 15.3 Å². The van der Waals surface area contributed by atoms with Gasteiger partial charge in [-0.2, -0.15) is 0 Å². The molecule has 0 aliphatic carbocycles. The largest absolute Gasteiger partial charge is 0.324 e. The molecule has 9 heteroatoms. The molecule has 0 radical (unpaired) electrons. The van der Waals surface area contributed by atoms with Gasteiger partial charge in [-0.1, -0.05) is 23.4 Å². The third-order valence-corrected chi connectivity index (χ3v) is 4.96. The van der Waals surface area contributed by atoms with Crippen molar-refractivity contribution in [2.24, 2.45) is 0 Å². The quantitative estimate of drug-likeness (QED) is 0.363. The van der Waals surface area contributed by atoms with Gasteiger partial charge in [-0.15, -0.1) is 0 Å². The van der Waals surface area contributed by atoms with Crippen LogP contribution in [0.15, 0.2) is 23.4 Å². The van der Waals surface area contributed by atoms with E-state index in [1.165, 1.54) is 30.0 Å². The number of nitro benzene ring substituents is 1. The number of halogens is 1. The monoisotopic (exact) mass is 380 g/mol. The van der Waals surface area contributed by atoms with Crippen molar-refractivity contribution < 1.29 is 9.72 Å². The number of nitro groups is 1. The van der Waals surface area contributed by atoms with Crippen LogP contribution >= 0.6 is 23.4 Å². The molecule has 0 aliphatic rings. The molecule has 1 aromatic carbocycles. The molecule has 2 aromatic rings. The number of aromatic nitrogens is 2. The second-order valence-electron chi connectivity index (χ2n) is 5.47. The van der Waals surface area contributed by atoms with Crippen LogP contribution in [0.4, 0.5) is 11.4 Å². The van der Waals surface area contributed by atoms with Crippen LogP contribution in [0.1, 0.15) is 23.9 Å². The smallest absolute Gasteiger partial charge is 0.271 e. The summed E-state index contributed by atoms with van der Waals surface area (Å²) in [5.41, 5.74) is 2.97. The maximum atomic E-state index is 12.3. The molecule has 7 nitrogen and oxygen atoms in total. The molecule has 1 atom stereocenters. The number of hydrogen-bond donors (Lipinski definition) is 1. The Labute approximate surface area is 154 Å². The number of benzene rings is 1. The lowest BCUT2D eigenvalue weighted by atomic mass is 10.2. The van der Waals surface area contributed by atoms with E-state index in [-0.39, 0.29) is 16.6 Å². The number of nitrogens with one attached hydrogen (secondary N) is 1. The first-order valence-electron chi connectivity index (χ1n) is 7.42. The van der Waals surface area contributed by atoms with Gasteiger partial charge in [0.15, 0.2) is 5.16 Å². The Morgan fingerprint density at radius 1 is 1.28 bits per heavy atom. The third-order valence-electron chi connectivity index (χ3n) is 3.68. The Morgan fingerprint density at radius 2 is 1.88 bits per heavy atom. The molecule has 132 valence electrons. The number of carbonyl (C=O) groups excluding carboxylic acids is 1. The zero-order valence-electron chi connectivity index (χ0n) is 14.2. The maximum Gasteiger partial charge on any atom is 0.271 e. The van der Waals surface area contributed by atoms with Crippen molar-refractivity contribution in [1.29, 1.82) is 0 Å². The number of anilines is 1. The number of hydrogen-bond acceptors (Lipinski definition) is 6. The van der Waals surface area contributed by atoms with Gasteiger partial charge in [0.25, 0.3) is 5.69 Å². The minimum atomic E-state index is -0.546. The zero-order chi connectivity index (χ0) is 18.7. The molecule has 2 rings (SSSR count). The highest BCUT2D eigenvalue weighted by Crippen LogP contribution is 2.28. The van der Waals surface area contributed by atoms with E-state index in [0.717, 1.165) is 17.0 Å². The van der Waals surface area contributed by atoms with Gasteiger partial charge < -0.3 is 5.32 Å². The summed E-state index contributed by atoms with van der Waals surface area (Å²) in [6, 6.07) is 3.90. The molecule has 1 amide bonds. The molecule has 25 heavy (non-hydrogen) atoms. The highest BCUT2D eigenvalue weighted by Gasteiger charge is 2.19. The molecule has 1 aromatic heterocycles. The fraction of sp³-hybridized carbons (Fsp3) is 0.312. The SMILES string of the molecule is Cc1nc(SC(C)C(=O)Nc2ccc([N+](=O)[O-])cc2Cl)nc(C)c1C. The molecule has 1 heterocycles. The Morgan fingerprint density at radius 3 is 2.40 bits per heavy atom. The second-order valence-corrected chi connectivity index (χ2v) is 7.19. The topological polar surface area (TPSA) is 98.0 Å². The first kappa shape index (κ1) is 19.1. The van der Waals surface area contributed by atoms with Gasteiger partial charge in [-0.25, -0.2) is 9.97 Å². The Balaban J connectivity index is 2.09. The number of carbonyl (C=O) groups is 1. The summed E-state index contributed by atoms with van der Waals surface area (Å²) in [5, 5.41) is 13.6. The maximum absolute atomic E-state index is 12.3. The molecule has 0 saturated carbocycles. The van der Waals surface area contributed by atoms with Crippen LogP contribution in [0, 0.1) is 30.9 Å². The van der Waals surface area contributed by atoms with Gasteiger partial charge in [0.1, 0.15) is 0 Å². The third kappa shape index (κ3) is 4.67. The minimum Gasteiger partial charge on any atom is -0.324 e. The number of amides is 1. The summed E-state index contributed by atoms with van der Waals surface area (Å²) in [6.07, 6.45) is 0. The highest BCUT2D eigenvalue weighted by molar-refractivity contribution is 8.00. The number of thioether (sulfide) groups is 1. The summed E-state index contributed by atoms with van der Waals surface area (Å²) in [4.78, 5) is 31.3. The molecule has 0 saturated heterocycles. The van der Waals surface area contributed by atoms with Crippen molar-refractivity contribution in [3.05, 3.63) is 50.3 Å². The average molecular weight is 381 g/mol. The first-order valence-corrected chi connectivity index (χ1v) is 8.68. The molecule has 0 fully saturated rings. The van der Waals surface area contributed by atoms with E-state index in [0.29, 0.717) is 10.8 Å². The lowest BCUT2D eigenvalue weighted by Crippen LogP contribution is -2.23. The van der Waals surface area contributed by atoms with E-state index >= 15 is 0 Å². The number of aryl methyl sites for hydroxylation is 2. The standard InChI is InChI=1S/C16H17ClN4O3S/c1-8-9(2)18-16(19-10(8)3)25-11(4)15(22)20-14-6-5-12(21(23)24)7-13(14)17/h5-7,11H,1-4H3,(H,20,22). The van der Waals surface area contributed by atoms with Gasteiger partial charge in [0.2, 0.25) is 5.91 Å². The molecular formula is C16H17ClN4O3S. The van der Waals surface area contributed by atoms with Crippen molar-refractivity contribution in [2.75, 3.05) is 5.32 Å². The predicted molar refractivity (Wildman–Crippen MR) is 98.3 cm³/mol. The first-order chi connectivity index (χ1) is 11.7. The summed E-state index contributed by atoms with van der Waals surface area (Å²) < 4.78 is 0. The van der Waals surface area contributed by atoms with Gasteiger partial charge in [0, 0.05) is 23.5 Å². The van der Waals surface area contributed by atoms with Crippen LogP contribution in [0.2, 0.25) is 5.02 Å². The minimum absolute atomic E-state index is 0.109. The van der Waals surface area contributed by atoms with E-state index in [1.807, 2.05) is 20.8 Å². The van der Waals surface area contributed by atoms with Crippen LogP contribution < -0.4 is 5.32 Å². The normalized spacial score (nSPS) is 11.9. The van der Waals surface area contributed by atoms with E-state index in [1.54, 1.807) is 6.92 Å². The van der Waals surface area contributed by atoms with Crippen LogP contribution in [0.3, 0.4) is 0 Å². The van der Waals surface area contributed by atoms with Gasteiger partial charge in [-0.05, 0) is 39.3 Å².